The molecule has 0 aliphatic rings. The molecule has 6 heteroatoms. The number of nitrogens with zero attached hydrogens (tertiary/aromatic N) is 1. The molecule has 0 atom stereocenters. The molecule has 0 saturated heterocycles. The first-order valence-electron chi connectivity index (χ1n) is 4.31. The van der Waals surface area contributed by atoms with Gasteiger partial charge in [-0.1, -0.05) is 24.9 Å². The quantitative estimate of drug-likeness (QED) is 0.685. The average Bonchev–Trinajstić information content (AvgIpc) is 2.48. The van der Waals surface area contributed by atoms with E-state index in [9.17, 15) is 4.79 Å². The second kappa shape index (κ2) is 5.63. The van der Waals surface area contributed by atoms with E-state index in [1.54, 1.807) is 5.38 Å². The largest absolute Gasteiger partial charge is 0.361 e. The smallest absolute Gasteiger partial charge is 0.281 e. The summed E-state index contributed by atoms with van der Waals surface area (Å²) in [6, 6.07) is 0. The van der Waals surface area contributed by atoms with Crippen LogP contribution in [-0.2, 0) is 0 Å². The molecule has 1 N–H and O–H groups in total. The van der Waals surface area contributed by atoms with E-state index < -0.39 is 0 Å². The molecule has 14 heavy (non-hydrogen) atoms. The Kier molecular flexibility index (Phi) is 4.77. The van der Waals surface area contributed by atoms with Gasteiger partial charge < -0.3 is 5.32 Å². The summed E-state index contributed by atoms with van der Waals surface area (Å²) in [5.74, 6) is 0. The molecule has 3 nitrogen and oxygen atoms in total. The topological polar surface area (TPSA) is 34.0 Å². The number of nitrogens with one attached hydrogen (secondary N) is 1. The third-order valence-corrected chi connectivity index (χ3v) is 3.86. The van der Waals surface area contributed by atoms with Gasteiger partial charge in [0.1, 0.15) is 0 Å². The Hall–Kier alpha value is -0.200. The van der Waals surface area contributed by atoms with E-state index in [2.05, 4.69) is 28.2 Å². The highest BCUT2D eigenvalue weighted by Crippen LogP contribution is 2.07. The Morgan fingerprint density at radius 2 is 2.50 bits per heavy atom. The minimum absolute atomic E-state index is 0.0935. The van der Waals surface area contributed by atoms with Crippen molar-refractivity contribution in [3.8, 4) is 0 Å². The first kappa shape index (κ1) is 11.9. The SMILES string of the molecule is CCCCNC(=S)n1scc(Br)c1=O. The highest BCUT2D eigenvalue weighted by molar-refractivity contribution is 9.10. The average molecular weight is 295 g/mol. The van der Waals surface area contributed by atoms with Gasteiger partial charge in [-0.3, -0.25) is 4.79 Å². The van der Waals surface area contributed by atoms with Gasteiger partial charge in [-0.2, -0.15) is 0 Å². The number of halogens is 1. The van der Waals surface area contributed by atoms with Gasteiger partial charge in [0, 0.05) is 11.9 Å². The highest BCUT2D eigenvalue weighted by atomic mass is 79.9. The van der Waals surface area contributed by atoms with Crippen LogP contribution in [0.4, 0.5) is 0 Å². The Morgan fingerprint density at radius 1 is 1.79 bits per heavy atom. The van der Waals surface area contributed by atoms with E-state index in [4.69, 9.17) is 12.2 Å². The molecular weight excluding hydrogens is 284 g/mol. The van der Waals surface area contributed by atoms with Crippen LogP contribution in [-0.4, -0.2) is 15.6 Å². The van der Waals surface area contributed by atoms with Crippen LogP contribution >= 0.6 is 39.7 Å². The van der Waals surface area contributed by atoms with Crippen LogP contribution in [0.2, 0.25) is 0 Å². The predicted octanol–water partition coefficient (Wildman–Crippen LogP) is 2.20. The van der Waals surface area contributed by atoms with Crippen LogP contribution in [0.1, 0.15) is 19.8 Å². The molecule has 0 aromatic carbocycles. The summed E-state index contributed by atoms with van der Waals surface area (Å²) >= 11 is 9.53. The van der Waals surface area contributed by atoms with E-state index in [-0.39, 0.29) is 5.56 Å². The lowest BCUT2D eigenvalue weighted by Crippen LogP contribution is -2.33. The summed E-state index contributed by atoms with van der Waals surface area (Å²) in [6.45, 7) is 2.93. The lowest BCUT2D eigenvalue weighted by atomic mass is 10.3. The first-order valence-corrected chi connectivity index (χ1v) is 6.35. The highest BCUT2D eigenvalue weighted by Gasteiger charge is 2.06. The van der Waals surface area contributed by atoms with Gasteiger partial charge >= 0.3 is 0 Å². The van der Waals surface area contributed by atoms with Gasteiger partial charge in [-0.05, 0) is 34.6 Å². The molecule has 1 aromatic heterocycles. The van der Waals surface area contributed by atoms with Crippen LogP contribution in [0.3, 0.4) is 0 Å². The van der Waals surface area contributed by atoms with Crippen molar-refractivity contribution in [1.82, 2.24) is 9.27 Å². The van der Waals surface area contributed by atoms with E-state index in [0.717, 1.165) is 19.4 Å². The number of thiocarbonyl (C=S) groups is 1. The second-order valence-corrected chi connectivity index (χ2v) is 4.81. The fourth-order valence-electron chi connectivity index (χ4n) is 0.878. The molecule has 78 valence electrons. The molecule has 0 aliphatic heterocycles. The summed E-state index contributed by atoms with van der Waals surface area (Å²) in [7, 11) is 0. The van der Waals surface area contributed by atoms with E-state index in [0.29, 0.717) is 9.59 Å². The molecule has 0 aliphatic carbocycles. The Balaban J connectivity index is 2.61. The maximum absolute atomic E-state index is 11.4. The fraction of sp³-hybridized carbons (Fsp3) is 0.500. The van der Waals surface area contributed by atoms with Crippen molar-refractivity contribution in [3.05, 3.63) is 20.2 Å². The van der Waals surface area contributed by atoms with E-state index >= 15 is 0 Å². The lowest BCUT2D eigenvalue weighted by Gasteiger charge is -2.05. The van der Waals surface area contributed by atoms with Gasteiger partial charge in [0.15, 0.2) is 5.11 Å². The Bertz CT molecular complexity index is 372. The number of hydrogen-bond donors (Lipinski definition) is 1. The second-order valence-electron chi connectivity index (χ2n) is 2.76. The van der Waals surface area contributed by atoms with Gasteiger partial charge in [0.2, 0.25) is 0 Å². The zero-order valence-electron chi connectivity index (χ0n) is 7.75. The molecule has 0 unspecified atom stereocenters. The van der Waals surface area contributed by atoms with Crippen LogP contribution < -0.4 is 10.9 Å². The minimum Gasteiger partial charge on any atom is -0.361 e. The van der Waals surface area contributed by atoms with Crippen LogP contribution in [0.5, 0.6) is 0 Å². The van der Waals surface area contributed by atoms with Crippen molar-refractivity contribution >= 4 is 44.8 Å². The minimum atomic E-state index is -0.0935. The van der Waals surface area contributed by atoms with Crippen LogP contribution in [0.15, 0.2) is 14.6 Å². The molecule has 0 bridgehead atoms. The van der Waals surface area contributed by atoms with Gasteiger partial charge in [0.05, 0.1) is 4.47 Å². The normalized spacial score (nSPS) is 10.1. The summed E-state index contributed by atoms with van der Waals surface area (Å²) < 4.78 is 2.02. The summed E-state index contributed by atoms with van der Waals surface area (Å²) in [5.41, 5.74) is -0.0935. The van der Waals surface area contributed by atoms with Crippen molar-refractivity contribution in [1.29, 1.82) is 0 Å². The first-order chi connectivity index (χ1) is 6.66. The van der Waals surface area contributed by atoms with Crippen molar-refractivity contribution in [3.63, 3.8) is 0 Å². The maximum Gasteiger partial charge on any atom is 0.281 e. The number of unbranched alkanes of at least 4 members (excludes halogenated alkanes) is 1. The Morgan fingerprint density at radius 3 is 3.00 bits per heavy atom. The molecule has 1 aromatic rings. The fourth-order valence-corrected chi connectivity index (χ4v) is 2.39. The van der Waals surface area contributed by atoms with Crippen LogP contribution in [0.25, 0.3) is 0 Å². The predicted molar refractivity (Wildman–Crippen MR) is 67.2 cm³/mol. The molecular formula is C8H11BrN2OS2. The summed E-state index contributed by atoms with van der Waals surface area (Å²) in [5, 5.41) is 5.26. The summed E-state index contributed by atoms with van der Waals surface area (Å²) in [4.78, 5) is 11.4. The monoisotopic (exact) mass is 294 g/mol. The summed E-state index contributed by atoms with van der Waals surface area (Å²) in [6.07, 6.45) is 2.17. The molecule has 0 spiro atoms. The Labute approximate surface area is 100 Å². The molecule has 0 radical (unpaired) electrons. The van der Waals surface area contributed by atoms with Crippen molar-refractivity contribution in [2.45, 2.75) is 19.8 Å². The lowest BCUT2D eigenvalue weighted by molar-refractivity contribution is 0.750. The van der Waals surface area contributed by atoms with Crippen molar-refractivity contribution in [2.24, 2.45) is 0 Å². The number of hydrogen-bond acceptors (Lipinski definition) is 3. The third-order valence-electron chi connectivity index (χ3n) is 1.64. The zero-order valence-corrected chi connectivity index (χ0v) is 11.0. The number of aromatic nitrogens is 1. The molecule has 0 amide bonds. The van der Waals surface area contributed by atoms with Crippen molar-refractivity contribution < 1.29 is 0 Å². The van der Waals surface area contributed by atoms with E-state index in [1.165, 1.54) is 15.5 Å². The third kappa shape index (κ3) is 2.90. The molecule has 0 fully saturated rings. The number of rotatable bonds is 3. The van der Waals surface area contributed by atoms with Gasteiger partial charge in [-0.25, -0.2) is 3.96 Å². The van der Waals surface area contributed by atoms with Crippen molar-refractivity contribution in [2.75, 3.05) is 6.54 Å². The van der Waals surface area contributed by atoms with Crippen LogP contribution in [0, 0.1) is 0 Å². The van der Waals surface area contributed by atoms with E-state index in [1.807, 2.05) is 0 Å². The molecule has 1 heterocycles. The van der Waals surface area contributed by atoms with Gasteiger partial charge in [-0.15, -0.1) is 0 Å². The molecule has 0 saturated carbocycles. The molecule has 1 rings (SSSR count). The maximum atomic E-state index is 11.4. The standard InChI is InChI=1S/C8H11BrN2OS2/c1-2-3-4-10-8(13)11-7(12)6(9)5-14-11/h5H,2-4H2,1H3,(H,10,13). The van der Waals surface area contributed by atoms with Gasteiger partial charge in [0.25, 0.3) is 5.56 Å². The zero-order chi connectivity index (χ0) is 10.6.